The zero-order chi connectivity index (χ0) is 11.8. The Balaban J connectivity index is 2.27. The minimum Gasteiger partial charge on any atom is -0.313 e. The van der Waals surface area contributed by atoms with E-state index in [0.717, 1.165) is 36.9 Å². The van der Waals surface area contributed by atoms with Crippen molar-refractivity contribution in [1.82, 2.24) is 5.32 Å². The summed E-state index contributed by atoms with van der Waals surface area (Å²) >= 11 is 0. The number of hydrogen-bond donors (Lipinski definition) is 1. The van der Waals surface area contributed by atoms with Crippen LogP contribution in [0.25, 0.3) is 0 Å². The predicted octanol–water partition coefficient (Wildman–Crippen LogP) is 3.03. The summed E-state index contributed by atoms with van der Waals surface area (Å²) < 4.78 is 13.3. The molecule has 0 saturated heterocycles. The smallest absolute Gasteiger partial charge is 0.127 e. The standard InChI is InChI=1S/C14H18FN/c1-3-4-5-6-9-16-11-13-10-12(2)7-8-14(13)15/h1,7-8,10,16H,4-6,9,11H2,2H3. The highest BCUT2D eigenvalue weighted by Gasteiger charge is 2.00. The van der Waals surface area contributed by atoms with E-state index in [1.165, 1.54) is 6.07 Å². The van der Waals surface area contributed by atoms with Gasteiger partial charge in [-0.3, -0.25) is 0 Å². The van der Waals surface area contributed by atoms with Gasteiger partial charge < -0.3 is 5.32 Å². The van der Waals surface area contributed by atoms with E-state index in [1.807, 2.05) is 13.0 Å². The highest BCUT2D eigenvalue weighted by atomic mass is 19.1. The number of halogens is 1. The number of hydrogen-bond acceptors (Lipinski definition) is 1. The third-order valence-corrected chi connectivity index (χ3v) is 2.44. The second kappa shape index (κ2) is 7.03. The van der Waals surface area contributed by atoms with Gasteiger partial charge in [0.2, 0.25) is 0 Å². The van der Waals surface area contributed by atoms with Crippen molar-refractivity contribution in [2.24, 2.45) is 0 Å². The number of benzene rings is 1. The van der Waals surface area contributed by atoms with Crippen molar-refractivity contribution in [3.8, 4) is 12.3 Å². The van der Waals surface area contributed by atoms with Crippen LogP contribution in [0.3, 0.4) is 0 Å². The Hall–Kier alpha value is -1.33. The van der Waals surface area contributed by atoms with Crippen molar-refractivity contribution in [3.05, 3.63) is 35.1 Å². The first-order chi connectivity index (χ1) is 7.74. The first kappa shape index (κ1) is 12.7. The van der Waals surface area contributed by atoms with Gasteiger partial charge >= 0.3 is 0 Å². The maximum absolute atomic E-state index is 13.3. The molecule has 0 bridgehead atoms. The quantitative estimate of drug-likeness (QED) is 0.573. The zero-order valence-corrected chi connectivity index (χ0v) is 9.72. The molecule has 0 aliphatic carbocycles. The van der Waals surface area contributed by atoms with E-state index < -0.39 is 0 Å². The minimum absolute atomic E-state index is 0.137. The molecule has 0 saturated carbocycles. The molecule has 2 heteroatoms. The van der Waals surface area contributed by atoms with Gasteiger partial charge in [-0.15, -0.1) is 12.3 Å². The number of terminal acetylenes is 1. The van der Waals surface area contributed by atoms with Gasteiger partial charge in [-0.2, -0.15) is 0 Å². The second-order valence-electron chi connectivity index (χ2n) is 3.93. The molecule has 0 heterocycles. The summed E-state index contributed by atoms with van der Waals surface area (Å²) in [4.78, 5) is 0. The predicted molar refractivity (Wildman–Crippen MR) is 65.5 cm³/mol. The average molecular weight is 219 g/mol. The van der Waals surface area contributed by atoms with Gasteiger partial charge in [-0.05, 0) is 32.4 Å². The summed E-state index contributed by atoms with van der Waals surface area (Å²) in [5, 5.41) is 3.22. The molecule has 1 aromatic carbocycles. The lowest BCUT2D eigenvalue weighted by Crippen LogP contribution is -2.15. The van der Waals surface area contributed by atoms with Crippen molar-refractivity contribution in [3.63, 3.8) is 0 Å². The number of rotatable bonds is 6. The molecule has 1 N–H and O–H groups in total. The minimum atomic E-state index is -0.137. The van der Waals surface area contributed by atoms with E-state index in [-0.39, 0.29) is 5.82 Å². The molecule has 0 atom stereocenters. The molecule has 0 unspecified atom stereocenters. The van der Waals surface area contributed by atoms with Gasteiger partial charge in [0.15, 0.2) is 0 Å². The van der Waals surface area contributed by atoms with Crippen LogP contribution < -0.4 is 5.32 Å². The lowest BCUT2D eigenvalue weighted by Gasteiger charge is -2.06. The van der Waals surface area contributed by atoms with Crippen LogP contribution in [0, 0.1) is 25.1 Å². The molecule has 0 amide bonds. The Labute approximate surface area is 97.1 Å². The van der Waals surface area contributed by atoms with Gasteiger partial charge in [0, 0.05) is 18.5 Å². The first-order valence-electron chi connectivity index (χ1n) is 5.63. The Morgan fingerprint density at radius 1 is 1.38 bits per heavy atom. The highest BCUT2D eigenvalue weighted by Crippen LogP contribution is 2.09. The summed E-state index contributed by atoms with van der Waals surface area (Å²) in [5.41, 5.74) is 1.82. The Kier molecular flexibility index (Phi) is 5.60. The van der Waals surface area contributed by atoms with E-state index in [1.54, 1.807) is 6.07 Å². The van der Waals surface area contributed by atoms with Crippen LogP contribution in [0.2, 0.25) is 0 Å². The third kappa shape index (κ3) is 4.46. The number of nitrogens with one attached hydrogen (secondary N) is 1. The summed E-state index contributed by atoms with van der Waals surface area (Å²) in [6.45, 7) is 3.44. The van der Waals surface area contributed by atoms with Crippen LogP contribution in [-0.2, 0) is 6.54 Å². The van der Waals surface area contributed by atoms with Crippen LogP contribution in [0.4, 0.5) is 4.39 Å². The zero-order valence-electron chi connectivity index (χ0n) is 9.72. The molecule has 86 valence electrons. The molecule has 0 aliphatic rings. The molecule has 0 spiro atoms. The van der Waals surface area contributed by atoms with Crippen molar-refractivity contribution in [2.75, 3.05) is 6.54 Å². The van der Waals surface area contributed by atoms with Gasteiger partial charge in [-0.25, -0.2) is 4.39 Å². The van der Waals surface area contributed by atoms with E-state index in [2.05, 4.69) is 11.2 Å². The second-order valence-corrected chi connectivity index (χ2v) is 3.93. The van der Waals surface area contributed by atoms with Crippen LogP contribution in [0.1, 0.15) is 30.4 Å². The molecule has 0 fully saturated rings. The summed E-state index contributed by atoms with van der Waals surface area (Å²) in [5.74, 6) is 2.47. The van der Waals surface area contributed by atoms with Gasteiger partial charge in [0.1, 0.15) is 5.82 Å². The average Bonchev–Trinajstić information content (AvgIpc) is 2.28. The molecule has 1 aromatic rings. The SMILES string of the molecule is C#CCCCCNCc1cc(C)ccc1F. The Morgan fingerprint density at radius 3 is 2.94 bits per heavy atom. The van der Waals surface area contributed by atoms with Crippen molar-refractivity contribution >= 4 is 0 Å². The van der Waals surface area contributed by atoms with Gasteiger partial charge in [-0.1, -0.05) is 17.7 Å². The molecule has 1 nitrogen and oxygen atoms in total. The van der Waals surface area contributed by atoms with Gasteiger partial charge in [0.25, 0.3) is 0 Å². The summed E-state index contributed by atoms with van der Waals surface area (Å²) in [7, 11) is 0. The van der Waals surface area contributed by atoms with Crippen molar-refractivity contribution in [1.29, 1.82) is 0 Å². The van der Waals surface area contributed by atoms with Crippen LogP contribution in [0.15, 0.2) is 18.2 Å². The normalized spacial score (nSPS) is 10.1. The van der Waals surface area contributed by atoms with Crippen molar-refractivity contribution in [2.45, 2.75) is 32.7 Å². The fourth-order valence-electron chi connectivity index (χ4n) is 1.54. The lowest BCUT2D eigenvalue weighted by molar-refractivity contribution is 0.576. The molecule has 0 radical (unpaired) electrons. The number of aryl methyl sites for hydroxylation is 1. The maximum atomic E-state index is 13.3. The molecule has 16 heavy (non-hydrogen) atoms. The molecule has 1 rings (SSSR count). The fraction of sp³-hybridized carbons (Fsp3) is 0.429. The monoisotopic (exact) mass is 219 g/mol. The third-order valence-electron chi connectivity index (χ3n) is 2.44. The lowest BCUT2D eigenvalue weighted by atomic mass is 10.1. The summed E-state index contributed by atoms with van der Waals surface area (Å²) in [6.07, 6.45) is 8.04. The Morgan fingerprint density at radius 2 is 2.19 bits per heavy atom. The van der Waals surface area contributed by atoms with E-state index in [0.29, 0.717) is 6.54 Å². The molecular formula is C14H18FN. The van der Waals surface area contributed by atoms with Crippen LogP contribution in [0.5, 0.6) is 0 Å². The first-order valence-corrected chi connectivity index (χ1v) is 5.63. The Bertz CT molecular complexity index is 365. The largest absolute Gasteiger partial charge is 0.313 e. The molecule has 0 aliphatic heterocycles. The van der Waals surface area contributed by atoms with E-state index >= 15 is 0 Å². The molecule has 0 aromatic heterocycles. The summed E-state index contributed by atoms with van der Waals surface area (Å²) in [6, 6.07) is 5.18. The van der Waals surface area contributed by atoms with Crippen LogP contribution >= 0.6 is 0 Å². The topological polar surface area (TPSA) is 12.0 Å². The van der Waals surface area contributed by atoms with E-state index in [9.17, 15) is 4.39 Å². The van der Waals surface area contributed by atoms with Crippen molar-refractivity contribution < 1.29 is 4.39 Å². The van der Waals surface area contributed by atoms with Crippen LogP contribution in [-0.4, -0.2) is 6.54 Å². The van der Waals surface area contributed by atoms with E-state index in [4.69, 9.17) is 6.42 Å². The molecular weight excluding hydrogens is 201 g/mol. The fourth-order valence-corrected chi connectivity index (χ4v) is 1.54. The highest BCUT2D eigenvalue weighted by molar-refractivity contribution is 5.23. The number of unbranched alkanes of at least 4 members (excludes halogenated alkanes) is 2. The van der Waals surface area contributed by atoms with Gasteiger partial charge in [0.05, 0.1) is 0 Å². The maximum Gasteiger partial charge on any atom is 0.127 e.